The van der Waals surface area contributed by atoms with Gasteiger partial charge < -0.3 is 18.8 Å². The number of benzene rings is 9. The van der Waals surface area contributed by atoms with Crippen molar-refractivity contribution in [1.82, 2.24) is 13.7 Å². The minimum Gasteiger partial charge on any atom is -0.506 e. The minimum absolute atomic E-state index is 0.319. The molecule has 0 aliphatic rings. The van der Waals surface area contributed by atoms with E-state index in [1.807, 2.05) is 0 Å². The van der Waals surface area contributed by atoms with Crippen LogP contribution >= 0.6 is 0 Å². The van der Waals surface area contributed by atoms with E-state index in [9.17, 15) is 5.11 Å². The van der Waals surface area contributed by atoms with Crippen molar-refractivity contribution in [3.05, 3.63) is 170 Å². The Balaban J connectivity index is 1.17. The summed E-state index contributed by atoms with van der Waals surface area (Å²) in [5, 5.41) is 19.8. The maximum Gasteiger partial charge on any atom is 0.145 e. The molecule has 12 aromatic rings. The van der Waals surface area contributed by atoms with Gasteiger partial charge in [-0.25, -0.2) is 0 Å². The van der Waals surface area contributed by atoms with E-state index in [2.05, 4.69) is 231 Å². The largest absolute Gasteiger partial charge is 0.506 e. The first-order valence-electron chi connectivity index (χ1n) is 22.3. The lowest BCUT2D eigenvalue weighted by Gasteiger charge is -2.17. The molecule has 0 fully saturated rings. The first-order valence-corrected chi connectivity index (χ1v) is 22.3. The zero-order valence-corrected chi connectivity index (χ0v) is 37.0. The molecule has 0 saturated heterocycles. The van der Waals surface area contributed by atoms with Gasteiger partial charge in [0.05, 0.1) is 27.6 Å². The second kappa shape index (κ2) is 14.3. The topological polar surface area (TPSA) is 35.0 Å². The molecule has 9 aromatic carbocycles. The summed E-state index contributed by atoms with van der Waals surface area (Å²) < 4.78 is 7.16. The maximum absolute atomic E-state index is 12.6. The Morgan fingerprint density at radius 1 is 0.312 bits per heavy atom. The van der Waals surface area contributed by atoms with Gasteiger partial charge in [-0.05, 0) is 93.8 Å². The fourth-order valence-corrected chi connectivity index (χ4v) is 11.1. The van der Waals surface area contributed by atoms with Crippen LogP contribution in [-0.2, 0) is 0 Å². The highest BCUT2D eigenvalue weighted by atomic mass is 16.3. The Morgan fingerprint density at radius 2 is 0.844 bits per heavy atom. The summed E-state index contributed by atoms with van der Waals surface area (Å²) in [4.78, 5) is 0. The molecule has 0 aliphatic carbocycles. The lowest BCUT2D eigenvalue weighted by molar-refractivity contribution is 0.484. The molecule has 0 saturated carbocycles. The average Bonchev–Trinajstić information content (AvgIpc) is 3.99. The third kappa shape index (κ3) is 5.32. The Bertz CT molecular complexity index is 3910. The standard InChI is InChI=1S/C54H41B6N3O/c55-46-41(48(57)54(64)53-44(46)45-47(56)49(58)50(59)51(60)52(45)63(53)33-18-8-3-9-19-33)31-23-24-36-40(28-31)61(32-16-6-2-7-17-32)38-25-26-39-42(43(36)38)35-21-10-11-22-37(35)62(39)34-20-12-15-30(27-34)29-13-4-1-5-14-29/h1-28,64H,55-60H2. The van der Waals surface area contributed by atoms with E-state index in [-0.39, 0.29) is 0 Å². The van der Waals surface area contributed by atoms with Gasteiger partial charge in [0.2, 0.25) is 0 Å². The molecule has 64 heavy (non-hydrogen) atoms. The summed E-state index contributed by atoms with van der Waals surface area (Å²) in [6, 6.07) is 61.2. The normalized spacial score (nSPS) is 11.9. The molecule has 1 N–H and O–H groups in total. The van der Waals surface area contributed by atoms with Crippen LogP contribution in [-0.4, -0.2) is 65.9 Å². The number of fused-ring (bicyclic) bond motifs is 10. The molecule has 3 heterocycles. The number of aromatic nitrogens is 3. The van der Waals surface area contributed by atoms with Crippen LogP contribution in [0, 0.1) is 0 Å². The van der Waals surface area contributed by atoms with Crippen molar-refractivity contribution in [3.8, 4) is 45.1 Å². The molecule has 10 heteroatoms. The fourth-order valence-electron chi connectivity index (χ4n) is 11.1. The van der Waals surface area contributed by atoms with E-state index >= 15 is 0 Å². The Kier molecular flexibility index (Phi) is 8.55. The molecule has 0 bridgehead atoms. The summed E-state index contributed by atoms with van der Waals surface area (Å²) in [6.07, 6.45) is 0. The number of rotatable bonds is 5. The maximum atomic E-state index is 12.6. The molecule has 0 unspecified atom stereocenters. The molecule has 0 atom stereocenters. The number of aromatic hydroxyl groups is 1. The summed E-state index contributed by atoms with van der Waals surface area (Å²) in [6.45, 7) is 0. The number of para-hydroxylation sites is 3. The minimum atomic E-state index is 0.319. The Morgan fingerprint density at radius 3 is 1.53 bits per heavy atom. The predicted molar refractivity (Wildman–Crippen MR) is 291 cm³/mol. The van der Waals surface area contributed by atoms with Crippen LogP contribution in [0.1, 0.15) is 0 Å². The van der Waals surface area contributed by atoms with E-state index in [0.29, 0.717) is 5.75 Å². The molecule has 0 amide bonds. The van der Waals surface area contributed by atoms with Gasteiger partial charge in [0, 0.05) is 49.5 Å². The van der Waals surface area contributed by atoms with Crippen molar-refractivity contribution >= 4 is 145 Å². The molecule has 3 aromatic heterocycles. The van der Waals surface area contributed by atoms with Crippen molar-refractivity contribution in [2.75, 3.05) is 0 Å². The van der Waals surface area contributed by atoms with Gasteiger partial charge in [0.15, 0.2) is 0 Å². The number of nitrogens with zero attached hydrogens (tertiary/aromatic N) is 3. The van der Waals surface area contributed by atoms with E-state index in [4.69, 9.17) is 0 Å². The quantitative estimate of drug-likeness (QED) is 0.266. The van der Waals surface area contributed by atoms with E-state index in [1.54, 1.807) is 0 Å². The Labute approximate surface area is 377 Å². The number of hydrogen-bond donors (Lipinski definition) is 1. The molecule has 4 nitrogen and oxygen atoms in total. The molecule has 12 rings (SSSR count). The Hall–Kier alpha value is -7.43. The van der Waals surface area contributed by atoms with Crippen LogP contribution < -0.4 is 32.8 Å². The van der Waals surface area contributed by atoms with Crippen LogP contribution in [0.15, 0.2) is 170 Å². The van der Waals surface area contributed by atoms with Crippen molar-refractivity contribution in [2.24, 2.45) is 0 Å². The highest BCUT2D eigenvalue weighted by Gasteiger charge is 2.27. The highest BCUT2D eigenvalue weighted by Crippen LogP contribution is 2.44. The first-order chi connectivity index (χ1) is 31.2. The van der Waals surface area contributed by atoms with Gasteiger partial charge in [-0.1, -0.05) is 131 Å². The lowest BCUT2D eigenvalue weighted by atomic mass is 9.65. The molecule has 0 radical (unpaired) electrons. The van der Waals surface area contributed by atoms with Crippen LogP contribution in [0.3, 0.4) is 0 Å². The molecule has 0 aliphatic heterocycles. The molecular formula is C54H41B6N3O. The summed E-state index contributed by atoms with van der Waals surface area (Å²) in [7, 11) is 13.3. The van der Waals surface area contributed by atoms with Crippen LogP contribution in [0.2, 0.25) is 0 Å². The van der Waals surface area contributed by atoms with E-state index in [0.717, 1.165) is 61.1 Å². The zero-order valence-electron chi connectivity index (χ0n) is 37.0. The average molecular weight is 813 g/mol. The smallest absolute Gasteiger partial charge is 0.145 e. The van der Waals surface area contributed by atoms with Gasteiger partial charge in [0.1, 0.15) is 52.8 Å². The number of phenolic OH excluding ortho intramolecular Hbond substituents is 1. The van der Waals surface area contributed by atoms with Crippen molar-refractivity contribution in [2.45, 2.75) is 0 Å². The highest BCUT2D eigenvalue weighted by molar-refractivity contribution is 6.68. The number of phenols is 1. The lowest BCUT2D eigenvalue weighted by Crippen LogP contribution is -2.48. The van der Waals surface area contributed by atoms with Gasteiger partial charge in [-0.2, -0.15) is 0 Å². The molecule has 296 valence electrons. The van der Waals surface area contributed by atoms with Crippen LogP contribution in [0.4, 0.5) is 0 Å². The van der Waals surface area contributed by atoms with Gasteiger partial charge in [-0.15, -0.1) is 5.46 Å². The van der Waals surface area contributed by atoms with E-state index < -0.39 is 0 Å². The molecular weight excluding hydrogens is 771 g/mol. The van der Waals surface area contributed by atoms with E-state index in [1.165, 1.54) is 76.4 Å². The fraction of sp³-hybridized carbons (Fsp3) is 0. The van der Waals surface area contributed by atoms with Crippen molar-refractivity contribution in [1.29, 1.82) is 0 Å². The van der Waals surface area contributed by atoms with Crippen LogP contribution in [0.25, 0.3) is 105 Å². The summed E-state index contributed by atoms with van der Waals surface area (Å²) >= 11 is 0. The number of hydrogen-bond acceptors (Lipinski definition) is 1. The zero-order chi connectivity index (χ0) is 43.5. The third-order valence-corrected chi connectivity index (χ3v) is 14.4. The van der Waals surface area contributed by atoms with Gasteiger partial charge in [0.25, 0.3) is 0 Å². The van der Waals surface area contributed by atoms with Crippen molar-refractivity contribution < 1.29 is 5.11 Å². The monoisotopic (exact) mass is 813 g/mol. The predicted octanol–water partition coefficient (Wildman–Crippen LogP) is 3.57. The second-order valence-electron chi connectivity index (χ2n) is 17.6. The second-order valence-corrected chi connectivity index (χ2v) is 17.6. The third-order valence-electron chi connectivity index (χ3n) is 14.4. The van der Waals surface area contributed by atoms with Crippen LogP contribution in [0.5, 0.6) is 5.75 Å². The molecule has 0 spiro atoms. The first kappa shape index (κ1) is 38.3. The van der Waals surface area contributed by atoms with Gasteiger partial charge in [-0.3, -0.25) is 0 Å². The summed E-state index contributed by atoms with van der Waals surface area (Å²) in [5.74, 6) is 0.319. The van der Waals surface area contributed by atoms with Gasteiger partial charge >= 0.3 is 0 Å². The van der Waals surface area contributed by atoms with Crippen molar-refractivity contribution in [3.63, 3.8) is 0 Å². The SMILES string of the molecule is Bc1c(B)c(B)c2c(c1B)c1c(B)c(-c3ccc4c5c6c7ccccc7n(-c7cccc(-c8ccccc8)c7)c6ccc5n(-c5ccccc5)c4c3)c(B)c(O)c1n2-c1ccccc1. The summed E-state index contributed by atoms with van der Waals surface area (Å²) in [5.41, 5.74) is 21.6.